The zero-order valence-electron chi connectivity index (χ0n) is 14.0. The van der Waals surface area contributed by atoms with Gasteiger partial charge in [-0.15, -0.1) is 0 Å². The maximum Gasteiger partial charge on any atom is 0.320 e. The van der Waals surface area contributed by atoms with E-state index in [-0.39, 0.29) is 37.3 Å². The number of aromatic nitrogens is 4. The zero-order valence-corrected chi connectivity index (χ0v) is 14.0. The van der Waals surface area contributed by atoms with E-state index in [4.69, 9.17) is 15.6 Å². The van der Waals surface area contributed by atoms with Gasteiger partial charge in [0, 0.05) is 6.54 Å². The van der Waals surface area contributed by atoms with Crippen LogP contribution in [0.3, 0.4) is 0 Å². The lowest BCUT2D eigenvalue weighted by Crippen LogP contribution is -2.45. The standard InChI is InChI=1S/C14H22N6O5/c1-7(2)9(13(23)24)16-3-8(4-21)25-6-20-5-17-10-11(20)18-14(15)19-12(10)22/h5,7-9,16,21H,3-4,6H2,1-2H3,(H,23,24)(H3,15,18,19,22)/t8?,9-/m0/s1. The van der Waals surface area contributed by atoms with Gasteiger partial charge in [-0.25, -0.2) is 4.98 Å². The summed E-state index contributed by atoms with van der Waals surface area (Å²) < 4.78 is 7.08. The maximum absolute atomic E-state index is 11.7. The van der Waals surface area contributed by atoms with Crippen LogP contribution >= 0.6 is 0 Å². The molecule has 0 aliphatic rings. The minimum atomic E-state index is -0.965. The number of ether oxygens (including phenoxy) is 1. The number of anilines is 1. The second-order valence-corrected chi connectivity index (χ2v) is 5.91. The van der Waals surface area contributed by atoms with E-state index in [0.717, 1.165) is 0 Å². The van der Waals surface area contributed by atoms with Crippen molar-refractivity contribution in [1.29, 1.82) is 0 Å². The topological polar surface area (TPSA) is 168 Å². The molecule has 6 N–H and O–H groups in total. The quantitative estimate of drug-likeness (QED) is 0.369. The van der Waals surface area contributed by atoms with Gasteiger partial charge in [-0.2, -0.15) is 4.98 Å². The lowest BCUT2D eigenvalue weighted by atomic mass is 10.0. The molecule has 0 aliphatic heterocycles. The van der Waals surface area contributed by atoms with Crippen molar-refractivity contribution in [3.63, 3.8) is 0 Å². The fourth-order valence-corrected chi connectivity index (χ4v) is 2.31. The Labute approximate surface area is 142 Å². The van der Waals surface area contributed by atoms with Gasteiger partial charge in [-0.3, -0.25) is 14.2 Å². The number of nitrogens with one attached hydrogen (secondary N) is 2. The molecule has 11 heteroatoms. The van der Waals surface area contributed by atoms with E-state index in [1.54, 1.807) is 13.8 Å². The number of carboxylic acids is 1. The van der Waals surface area contributed by atoms with Crippen LogP contribution in [-0.2, 0) is 16.3 Å². The monoisotopic (exact) mass is 354 g/mol. The van der Waals surface area contributed by atoms with Gasteiger partial charge in [0.15, 0.2) is 5.52 Å². The van der Waals surface area contributed by atoms with Crippen LogP contribution in [0.2, 0.25) is 0 Å². The van der Waals surface area contributed by atoms with E-state index in [0.29, 0.717) is 5.65 Å². The summed E-state index contributed by atoms with van der Waals surface area (Å²) in [5, 5.41) is 21.4. The predicted octanol–water partition coefficient (Wildman–Crippen LogP) is -1.26. The number of nitrogens with zero attached hydrogens (tertiary/aromatic N) is 3. The minimum absolute atomic E-state index is 0.0117. The molecule has 138 valence electrons. The van der Waals surface area contributed by atoms with E-state index in [2.05, 4.69) is 20.3 Å². The van der Waals surface area contributed by atoms with Crippen LogP contribution in [0, 0.1) is 5.92 Å². The number of carbonyl (C=O) groups is 1. The van der Waals surface area contributed by atoms with Crippen molar-refractivity contribution in [3.05, 3.63) is 16.7 Å². The van der Waals surface area contributed by atoms with Gasteiger partial charge >= 0.3 is 11.5 Å². The summed E-state index contributed by atoms with van der Waals surface area (Å²) in [6.07, 6.45) is 0.753. The highest BCUT2D eigenvalue weighted by Gasteiger charge is 2.22. The molecule has 0 saturated heterocycles. The number of H-pyrrole nitrogens is 1. The molecule has 0 fully saturated rings. The van der Waals surface area contributed by atoms with E-state index in [1.165, 1.54) is 10.9 Å². The molecule has 25 heavy (non-hydrogen) atoms. The Hall–Kier alpha value is -2.50. The van der Waals surface area contributed by atoms with Gasteiger partial charge in [0.05, 0.1) is 19.0 Å². The van der Waals surface area contributed by atoms with Crippen LogP contribution in [0.5, 0.6) is 0 Å². The zero-order chi connectivity index (χ0) is 18.6. The Kier molecular flexibility index (Phi) is 6.07. The number of rotatable bonds is 9. The second kappa shape index (κ2) is 8.05. The molecule has 0 saturated carbocycles. The van der Waals surface area contributed by atoms with Crippen molar-refractivity contribution >= 4 is 23.1 Å². The largest absolute Gasteiger partial charge is 0.480 e. The van der Waals surface area contributed by atoms with Crippen LogP contribution in [0.15, 0.2) is 11.1 Å². The van der Waals surface area contributed by atoms with Crippen LogP contribution in [-0.4, -0.2) is 61.0 Å². The van der Waals surface area contributed by atoms with E-state index >= 15 is 0 Å². The molecule has 0 aliphatic carbocycles. The van der Waals surface area contributed by atoms with Crippen molar-refractivity contribution in [3.8, 4) is 0 Å². The molecule has 0 amide bonds. The number of aromatic amines is 1. The minimum Gasteiger partial charge on any atom is -0.480 e. The third kappa shape index (κ3) is 4.53. The van der Waals surface area contributed by atoms with E-state index in [1.807, 2.05) is 0 Å². The molecule has 0 bridgehead atoms. The molecular formula is C14H22N6O5. The molecule has 0 spiro atoms. The molecule has 0 aromatic carbocycles. The maximum atomic E-state index is 11.7. The van der Waals surface area contributed by atoms with Gasteiger partial charge in [0.25, 0.3) is 0 Å². The number of aliphatic hydroxyl groups is 1. The molecule has 2 rings (SSSR count). The molecule has 2 aromatic rings. The average molecular weight is 354 g/mol. The molecule has 2 heterocycles. The molecular weight excluding hydrogens is 332 g/mol. The highest BCUT2D eigenvalue weighted by molar-refractivity contribution is 5.73. The fourth-order valence-electron chi connectivity index (χ4n) is 2.31. The first-order chi connectivity index (χ1) is 11.8. The lowest BCUT2D eigenvalue weighted by Gasteiger charge is -2.22. The van der Waals surface area contributed by atoms with E-state index < -0.39 is 23.7 Å². The third-order valence-corrected chi connectivity index (χ3v) is 3.66. The van der Waals surface area contributed by atoms with Gasteiger partial charge in [0.1, 0.15) is 18.4 Å². The van der Waals surface area contributed by atoms with Crippen molar-refractivity contribution in [2.24, 2.45) is 5.92 Å². The summed E-state index contributed by atoms with van der Waals surface area (Å²) in [4.78, 5) is 33.1. The van der Waals surface area contributed by atoms with Crippen molar-refractivity contribution in [2.45, 2.75) is 32.7 Å². The summed E-state index contributed by atoms with van der Waals surface area (Å²) in [6.45, 7) is 3.41. The number of nitrogen functional groups attached to an aromatic ring is 1. The van der Waals surface area contributed by atoms with Crippen molar-refractivity contribution < 1.29 is 19.7 Å². The summed E-state index contributed by atoms with van der Waals surface area (Å²) in [5.74, 6) is -1.12. The van der Waals surface area contributed by atoms with Crippen molar-refractivity contribution in [1.82, 2.24) is 24.8 Å². The van der Waals surface area contributed by atoms with Crippen LogP contribution in [0.25, 0.3) is 11.2 Å². The second-order valence-electron chi connectivity index (χ2n) is 5.91. The Morgan fingerprint density at radius 1 is 1.52 bits per heavy atom. The molecule has 2 aromatic heterocycles. The molecule has 11 nitrogen and oxygen atoms in total. The van der Waals surface area contributed by atoms with Crippen LogP contribution in [0.4, 0.5) is 5.95 Å². The van der Waals surface area contributed by atoms with Gasteiger partial charge < -0.3 is 31.0 Å². The number of aliphatic hydroxyl groups excluding tert-OH is 1. The normalized spacial score (nSPS) is 14.1. The number of hydrogen-bond donors (Lipinski definition) is 5. The van der Waals surface area contributed by atoms with Gasteiger partial charge in [-0.1, -0.05) is 13.8 Å². The Morgan fingerprint density at radius 3 is 2.84 bits per heavy atom. The highest BCUT2D eigenvalue weighted by Crippen LogP contribution is 2.08. The summed E-state index contributed by atoms with van der Waals surface area (Å²) in [7, 11) is 0. The molecule has 0 radical (unpaired) electrons. The first kappa shape index (κ1) is 18.8. The number of hydrogen-bond acceptors (Lipinski definition) is 8. The first-order valence-electron chi connectivity index (χ1n) is 7.72. The SMILES string of the molecule is CC(C)[C@H](NCC(CO)OCn1cnc2c(=O)nc(N)[nH]c21)C(=O)O. The Balaban J connectivity index is 2.01. The number of imidazole rings is 1. The molecule has 2 atom stereocenters. The summed E-state index contributed by atoms with van der Waals surface area (Å²) in [6, 6.07) is -0.742. The summed E-state index contributed by atoms with van der Waals surface area (Å²) in [5.41, 5.74) is 5.45. The Bertz CT molecular complexity index is 786. The number of fused-ring (bicyclic) bond motifs is 1. The number of nitrogens with two attached hydrogens (primary N) is 1. The van der Waals surface area contributed by atoms with Gasteiger partial charge in [0.2, 0.25) is 5.95 Å². The lowest BCUT2D eigenvalue weighted by molar-refractivity contribution is -0.141. The summed E-state index contributed by atoms with van der Waals surface area (Å²) >= 11 is 0. The van der Waals surface area contributed by atoms with Crippen LogP contribution in [0.1, 0.15) is 13.8 Å². The highest BCUT2D eigenvalue weighted by atomic mass is 16.5. The van der Waals surface area contributed by atoms with E-state index in [9.17, 15) is 14.7 Å². The van der Waals surface area contributed by atoms with Crippen LogP contribution < -0.4 is 16.6 Å². The molecule has 1 unspecified atom stereocenters. The van der Waals surface area contributed by atoms with Crippen molar-refractivity contribution in [2.75, 3.05) is 18.9 Å². The number of aliphatic carboxylic acids is 1. The number of carboxylic acid groups (broad SMARTS) is 1. The Morgan fingerprint density at radius 2 is 2.24 bits per heavy atom. The average Bonchev–Trinajstić information content (AvgIpc) is 2.93. The first-order valence-corrected chi connectivity index (χ1v) is 7.72. The van der Waals surface area contributed by atoms with Gasteiger partial charge in [-0.05, 0) is 5.92 Å². The smallest absolute Gasteiger partial charge is 0.320 e. The predicted molar refractivity (Wildman–Crippen MR) is 88.8 cm³/mol. The third-order valence-electron chi connectivity index (χ3n) is 3.66. The fraction of sp³-hybridized carbons (Fsp3) is 0.571.